The molecule has 0 bridgehead atoms. The summed E-state index contributed by atoms with van der Waals surface area (Å²) < 4.78 is 11.1. The monoisotopic (exact) mass is 272 g/mol. The maximum absolute atomic E-state index is 10.8. The summed E-state index contributed by atoms with van der Waals surface area (Å²) in [6, 6.07) is 16.6. The third-order valence-electron chi connectivity index (χ3n) is 2.67. The van der Waals surface area contributed by atoms with Crippen LogP contribution in [0.3, 0.4) is 0 Å². The van der Waals surface area contributed by atoms with Crippen LogP contribution in [-0.4, -0.2) is 24.3 Å². The van der Waals surface area contributed by atoms with E-state index in [9.17, 15) is 4.79 Å². The van der Waals surface area contributed by atoms with Crippen LogP contribution < -0.4 is 9.47 Å². The first-order valence-corrected chi connectivity index (χ1v) is 6.36. The van der Waals surface area contributed by atoms with Gasteiger partial charge < -0.3 is 14.6 Å². The highest BCUT2D eigenvalue weighted by Gasteiger charge is 2.07. The molecule has 0 aromatic heterocycles. The topological polar surface area (TPSA) is 55.8 Å². The van der Waals surface area contributed by atoms with Gasteiger partial charge in [-0.1, -0.05) is 36.4 Å². The summed E-state index contributed by atoms with van der Waals surface area (Å²) in [4.78, 5) is 10.8. The highest BCUT2D eigenvalue weighted by atomic mass is 16.5. The fraction of sp³-hybridized carbons (Fsp3) is 0.188. The number of aliphatic carboxylic acids is 1. The Balaban J connectivity index is 1.83. The van der Waals surface area contributed by atoms with E-state index in [-0.39, 0.29) is 6.42 Å². The molecule has 4 heteroatoms. The Hall–Kier alpha value is -2.49. The van der Waals surface area contributed by atoms with Crippen molar-refractivity contribution in [3.8, 4) is 11.5 Å². The minimum Gasteiger partial charge on any atom is -0.490 e. The molecule has 2 rings (SSSR count). The first kappa shape index (κ1) is 13.9. The molecule has 0 radical (unpaired) electrons. The molecule has 0 saturated heterocycles. The van der Waals surface area contributed by atoms with Crippen molar-refractivity contribution in [3.63, 3.8) is 0 Å². The molecule has 0 atom stereocenters. The molecular formula is C16H16O4. The molecule has 104 valence electrons. The second-order valence-electron chi connectivity index (χ2n) is 4.19. The number of benzene rings is 2. The number of hydrogen-bond acceptors (Lipinski definition) is 3. The molecule has 0 aliphatic rings. The van der Waals surface area contributed by atoms with E-state index in [1.165, 1.54) is 0 Å². The third-order valence-corrected chi connectivity index (χ3v) is 2.67. The first-order valence-electron chi connectivity index (χ1n) is 6.36. The average molecular weight is 272 g/mol. The number of para-hydroxylation sites is 2. The smallest absolute Gasteiger partial charge is 0.307 e. The SMILES string of the molecule is O=C(O)Cc1ccccc1OCCOc1ccccc1. The molecule has 0 aliphatic heterocycles. The van der Waals surface area contributed by atoms with Crippen LogP contribution in [-0.2, 0) is 11.2 Å². The van der Waals surface area contributed by atoms with E-state index in [0.29, 0.717) is 24.5 Å². The summed E-state index contributed by atoms with van der Waals surface area (Å²) in [6.45, 7) is 0.775. The van der Waals surface area contributed by atoms with Gasteiger partial charge in [-0.05, 0) is 18.2 Å². The first-order chi connectivity index (χ1) is 9.75. The van der Waals surface area contributed by atoms with E-state index in [0.717, 1.165) is 5.75 Å². The molecule has 0 aliphatic carbocycles. The molecule has 0 heterocycles. The molecule has 0 saturated carbocycles. The van der Waals surface area contributed by atoms with Gasteiger partial charge >= 0.3 is 5.97 Å². The normalized spacial score (nSPS) is 10.0. The van der Waals surface area contributed by atoms with Crippen molar-refractivity contribution in [1.29, 1.82) is 0 Å². The van der Waals surface area contributed by atoms with Crippen molar-refractivity contribution in [3.05, 3.63) is 60.2 Å². The van der Waals surface area contributed by atoms with Crippen LogP contribution in [0.25, 0.3) is 0 Å². The Labute approximate surface area is 117 Å². The van der Waals surface area contributed by atoms with Crippen LogP contribution in [0.2, 0.25) is 0 Å². The Kier molecular flexibility index (Phi) is 5.00. The third kappa shape index (κ3) is 4.31. The quantitative estimate of drug-likeness (QED) is 0.787. The lowest BCUT2D eigenvalue weighted by Crippen LogP contribution is -2.11. The summed E-state index contributed by atoms with van der Waals surface area (Å²) in [5.41, 5.74) is 0.666. The lowest BCUT2D eigenvalue weighted by molar-refractivity contribution is -0.136. The zero-order chi connectivity index (χ0) is 14.2. The number of rotatable bonds is 7. The molecule has 20 heavy (non-hydrogen) atoms. The molecule has 0 unspecified atom stereocenters. The Morgan fingerprint density at radius 1 is 0.900 bits per heavy atom. The molecule has 2 aromatic rings. The zero-order valence-corrected chi connectivity index (χ0v) is 11.0. The molecule has 2 aromatic carbocycles. The Morgan fingerprint density at radius 3 is 2.30 bits per heavy atom. The molecule has 1 N–H and O–H groups in total. The summed E-state index contributed by atoms with van der Waals surface area (Å²) in [6.07, 6.45) is -0.0459. The van der Waals surface area contributed by atoms with Gasteiger partial charge in [0.25, 0.3) is 0 Å². The fourth-order valence-corrected chi connectivity index (χ4v) is 1.78. The van der Waals surface area contributed by atoms with Gasteiger partial charge in [0.1, 0.15) is 24.7 Å². The van der Waals surface area contributed by atoms with E-state index in [2.05, 4.69) is 0 Å². The molecule has 0 amide bonds. The maximum Gasteiger partial charge on any atom is 0.307 e. The largest absolute Gasteiger partial charge is 0.490 e. The predicted molar refractivity (Wildman–Crippen MR) is 75.2 cm³/mol. The number of ether oxygens (including phenoxy) is 2. The van der Waals surface area contributed by atoms with E-state index in [4.69, 9.17) is 14.6 Å². The number of carboxylic acids is 1. The van der Waals surface area contributed by atoms with Crippen molar-refractivity contribution in [2.24, 2.45) is 0 Å². The minimum absolute atomic E-state index is 0.0459. The van der Waals surface area contributed by atoms with Crippen LogP contribution >= 0.6 is 0 Å². The van der Waals surface area contributed by atoms with Crippen molar-refractivity contribution in [2.75, 3.05) is 13.2 Å². The van der Waals surface area contributed by atoms with E-state index >= 15 is 0 Å². The second-order valence-corrected chi connectivity index (χ2v) is 4.19. The Morgan fingerprint density at radius 2 is 1.55 bits per heavy atom. The highest BCUT2D eigenvalue weighted by Crippen LogP contribution is 2.18. The lowest BCUT2D eigenvalue weighted by Gasteiger charge is -2.11. The van der Waals surface area contributed by atoms with E-state index in [1.54, 1.807) is 18.2 Å². The van der Waals surface area contributed by atoms with Gasteiger partial charge in [0.15, 0.2) is 0 Å². The van der Waals surface area contributed by atoms with Gasteiger partial charge in [-0.15, -0.1) is 0 Å². The van der Waals surface area contributed by atoms with Crippen molar-refractivity contribution >= 4 is 5.97 Å². The van der Waals surface area contributed by atoms with Crippen LogP contribution in [0.15, 0.2) is 54.6 Å². The van der Waals surface area contributed by atoms with E-state index in [1.807, 2.05) is 36.4 Å². The van der Waals surface area contributed by atoms with Gasteiger partial charge in [-0.25, -0.2) is 0 Å². The van der Waals surface area contributed by atoms with Crippen LogP contribution in [0.1, 0.15) is 5.56 Å². The number of carbonyl (C=O) groups is 1. The van der Waals surface area contributed by atoms with Crippen LogP contribution in [0, 0.1) is 0 Å². The summed E-state index contributed by atoms with van der Waals surface area (Å²) in [5, 5.41) is 8.83. The average Bonchev–Trinajstić information content (AvgIpc) is 2.46. The van der Waals surface area contributed by atoms with Gasteiger partial charge in [0, 0.05) is 5.56 Å². The van der Waals surface area contributed by atoms with Crippen molar-refractivity contribution < 1.29 is 19.4 Å². The van der Waals surface area contributed by atoms with Crippen molar-refractivity contribution in [1.82, 2.24) is 0 Å². The maximum atomic E-state index is 10.8. The number of carboxylic acid groups (broad SMARTS) is 1. The van der Waals surface area contributed by atoms with Gasteiger partial charge in [-0.3, -0.25) is 4.79 Å². The van der Waals surface area contributed by atoms with Gasteiger partial charge in [0.05, 0.1) is 6.42 Å². The lowest BCUT2D eigenvalue weighted by atomic mass is 10.1. The van der Waals surface area contributed by atoms with Gasteiger partial charge in [0.2, 0.25) is 0 Å². The molecule has 0 fully saturated rings. The highest BCUT2D eigenvalue weighted by molar-refractivity contribution is 5.71. The molecule has 0 spiro atoms. The summed E-state index contributed by atoms with van der Waals surface area (Å²) in [5.74, 6) is 0.503. The predicted octanol–water partition coefficient (Wildman–Crippen LogP) is 2.77. The zero-order valence-electron chi connectivity index (χ0n) is 11.0. The second kappa shape index (κ2) is 7.19. The van der Waals surface area contributed by atoms with Crippen molar-refractivity contribution in [2.45, 2.75) is 6.42 Å². The standard InChI is InChI=1S/C16H16O4/c17-16(18)12-13-6-4-5-9-15(13)20-11-10-19-14-7-2-1-3-8-14/h1-9H,10-12H2,(H,17,18). The Bertz CT molecular complexity index is 551. The summed E-state index contributed by atoms with van der Waals surface area (Å²) >= 11 is 0. The molecular weight excluding hydrogens is 256 g/mol. The minimum atomic E-state index is -0.874. The molecule has 4 nitrogen and oxygen atoms in total. The van der Waals surface area contributed by atoms with Gasteiger partial charge in [-0.2, -0.15) is 0 Å². The van der Waals surface area contributed by atoms with E-state index < -0.39 is 5.97 Å². The van der Waals surface area contributed by atoms with Crippen LogP contribution in [0.4, 0.5) is 0 Å². The van der Waals surface area contributed by atoms with Crippen LogP contribution in [0.5, 0.6) is 11.5 Å². The number of hydrogen-bond donors (Lipinski definition) is 1. The summed E-state index contributed by atoms with van der Waals surface area (Å²) in [7, 11) is 0. The fourth-order valence-electron chi connectivity index (χ4n) is 1.78.